The van der Waals surface area contributed by atoms with E-state index < -0.39 is 0 Å². The summed E-state index contributed by atoms with van der Waals surface area (Å²) in [6.07, 6.45) is 1.38. The molecule has 2 fully saturated rings. The second-order valence-corrected chi connectivity index (χ2v) is 8.81. The van der Waals surface area contributed by atoms with Gasteiger partial charge in [0.2, 0.25) is 0 Å². The predicted molar refractivity (Wildman–Crippen MR) is 114 cm³/mol. The highest BCUT2D eigenvalue weighted by atomic mass is 32.2. The number of hydrogen-bond donors (Lipinski definition) is 0. The van der Waals surface area contributed by atoms with Crippen LogP contribution >= 0.6 is 11.8 Å². The van der Waals surface area contributed by atoms with Gasteiger partial charge in [0.15, 0.2) is 0 Å². The van der Waals surface area contributed by atoms with Crippen molar-refractivity contribution in [3.63, 3.8) is 0 Å². The van der Waals surface area contributed by atoms with Crippen LogP contribution in [-0.2, 0) is 9.53 Å². The number of carbonyl (C=O) groups excluding carboxylic acids is 3. The first-order valence-electron chi connectivity index (χ1n) is 10.3. The average molecular weight is 443 g/mol. The lowest BCUT2D eigenvalue weighted by atomic mass is 10.2. The number of amides is 2. The molecule has 162 valence electrons. The van der Waals surface area contributed by atoms with Gasteiger partial charge >= 0.3 is 5.97 Å². The molecule has 4 rings (SSSR count). The molecular weight excluding hydrogens is 419 g/mol. The zero-order chi connectivity index (χ0) is 21.8. The molecule has 1 unspecified atom stereocenters. The van der Waals surface area contributed by atoms with Gasteiger partial charge in [0.25, 0.3) is 11.8 Å². The normalized spacial score (nSPS) is 19.1. The summed E-state index contributed by atoms with van der Waals surface area (Å²) < 4.78 is 18.1. The van der Waals surface area contributed by atoms with Gasteiger partial charge < -0.3 is 14.5 Å². The maximum absolute atomic E-state index is 13.1. The summed E-state index contributed by atoms with van der Waals surface area (Å²) >= 11 is 1.45. The van der Waals surface area contributed by atoms with Crippen LogP contribution in [0.25, 0.3) is 0 Å². The maximum Gasteiger partial charge on any atom is 0.319 e. The molecule has 2 heterocycles. The third-order valence-corrected chi connectivity index (χ3v) is 6.69. The van der Waals surface area contributed by atoms with E-state index in [0.29, 0.717) is 56.8 Å². The highest BCUT2D eigenvalue weighted by molar-refractivity contribution is 8.00. The first-order chi connectivity index (χ1) is 15.0. The van der Waals surface area contributed by atoms with Crippen LogP contribution in [0, 0.1) is 5.82 Å². The van der Waals surface area contributed by atoms with Gasteiger partial charge in [0, 0.05) is 48.6 Å². The minimum Gasteiger partial charge on any atom is -0.465 e. The van der Waals surface area contributed by atoms with Gasteiger partial charge in [0.05, 0.1) is 6.61 Å². The van der Waals surface area contributed by atoms with Crippen molar-refractivity contribution in [1.82, 2.24) is 9.80 Å². The summed E-state index contributed by atoms with van der Waals surface area (Å²) in [4.78, 5) is 41.6. The molecular formula is C23H23FN2O4S. The van der Waals surface area contributed by atoms with Crippen molar-refractivity contribution in [2.45, 2.75) is 23.0 Å². The maximum atomic E-state index is 13.1. The van der Waals surface area contributed by atoms with E-state index in [4.69, 9.17) is 4.74 Å². The van der Waals surface area contributed by atoms with Crippen molar-refractivity contribution >= 4 is 29.5 Å². The largest absolute Gasteiger partial charge is 0.465 e. The quantitative estimate of drug-likeness (QED) is 0.681. The number of nitrogens with zero attached hydrogens (tertiary/aromatic N) is 2. The molecule has 0 saturated carbocycles. The number of cyclic esters (lactones) is 1. The molecule has 2 saturated heterocycles. The molecule has 0 aromatic heterocycles. The number of hydrogen-bond acceptors (Lipinski definition) is 5. The van der Waals surface area contributed by atoms with Crippen LogP contribution in [0.3, 0.4) is 0 Å². The monoisotopic (exact) mass is 442 g/mol. The standard InChI is InChI=1S/C23H23FN2O4S/c24-18-6-2-16(3-7-18)21(27)25-11-1-12-26(14-13-25)22(28)17-4-8-19(9-5-17)31-20-10-15-30-23(20)29/h2-9,20H,1,10-15H2. The zero-order valence-corrected chi connectivity index (χ0v) is 17.8. The topological polar surface area (TPSA) is 66.9 Å². The molecule has 0 radical (unpaired) electrons. The van der Waals surface area contributed by atoms with Crippen molar-refractivity contribution in [2.75, 3.05) is 32.8 Å². The first kappa shape index (κ1) is 21.4. The fourth-order valence-electron chi connectivity index (χ4n) is 3.71. The summed E-state index contributed by atoms with van der Waals surface area (Å²) in [5, 5.41) is -0.184. The highest BCUT2D eigenvalue weighted by Crippen LogP contribution is 2.29. The van der Waals surface area contributed by atoms with Gasteiger partial charge in [-0.15, -0.1) is 11.8 Å². The summed E-state index contributed by atoms with van der Waals surface area (Å²) in [5.41, 5.74) is 1.03. The Hall–Kier alpha value is -2.87. The van der Waals surface area contributed by atoms with Gasteiger partial charge in [0.1, 0.15) is 11.1 Å². The lowest BCUT2D eigenvalue weighted by Crippen LogP contribution is -2.37. The van der Waals surface area contributed by atoms with Crippen molar-refractivity contribution < 1.29 is 23.5 Å². The molecule has 0 aliphatic carbocycles. The number of benzene rings is 2. The van der Waals surface area contributed by atoms with Crippen LogP contribution in [0.15, 0.2) is 53.4 Å². The summed E-state index contributed by atoms with van der Waals surface area (Å²) in [5.74, 6) is -0.791. The van der Waals surface area contributed by atoms with E-state index in [1.54, 1.807) is 21.9 Å². The Balaban J connectivity index is 1.35. The third-order valence-electron chi connectivity index (χ3n) is 5.43. The van der Waals surface area contributed by atoms with Gasteiger partial charge in [-0.1, -0.05) is 0 Å². The number of thioether (sulfide) groups is 1. The number of esters is 1. The van der Waals surface area contributed by atoms with Crippen LogP contribution in [0.2, 0.25) is 0 Å². The van der Waals surface area contributed by atoms with Crippen LogP contribution in [0.4, 0.5) is 4.39 Å². The second-order valence-electron chi connectivity index (χ2n) is 7.53. The molecule has 6 nitrogen and oxygen atoms in total. The third kappa shape index (κ3) is 5.07. The molecule has 2 aliphatic heterocycles. The molecule has 0 bridgehead atoms. The van der Waals surface area contributed by atoms with E-state index in [9.17, 15) is 18.8 Å². The number of rotatable bonds is 4. The summed E-state index contributed by atoms with van der Waals surface area (Å²) in [6, 6.07) is 12.8. The Labute approximate surface area is 184 Å². The summed E-state index contributed by atoms with van der Waals surface area (Å²) in [6.45, 7) is 2.45. The average Bonchev–Trinajstić information content (AvgIpc) is 3.03. The molecule has 1 atom stereocenters. The number of halogens is 1. The SMILES string of the molecule is O=C1OCCC1Sc1ccc(C(=O)N2CCCN(C(=O)c3ccc(F)cc3)CC2)cc1. The fourth-order valence-corrected chi connectivity index (χ4v) is 4.71. The van der Waals surface area contributed by atoms with E-state index in [-0.39, 0.29) is 28.9 Å². The Morgan fingerprint density at radius 2 is 1.42 bits per heavy atom. The summed E-state index contributed by atoms with van der Waals surface area (Å²) in [7, 11) is 0. The smallest absolute Gasteiger partial charge is 0.319 e. The predicted octanol–water partition coefficient (Wildman–Crippen LogP) is 3.22. The Morgan fingerprint density at radius 3 is 1.94 bits per heavy atom. The van der Waals surface area contributed by atoms with Crippen molar-refractivity contribution in [1.29, 1.82) is 0 Å². The van der Waals surface area contributed by atoms with Crippen LogP contribution in [0.5, 0.6) is 0 Å². The molecule has 8 heteroatoms. The van der Waals surface area contributed by atoms with E-state index >= 15 is 0 Å². The number of carbonyl (C=O) groups is 3. The molecule has 2 aromatic carbocycles. The molecule has 2 aromatic rings. The Bertz CT molecular complexity index is 965. The fraction of sp³-hybridized carbons (Fsp3) is 0.348. The van der Waals surface area contributed by atoms with E-state index in [2.05, 4.69) is 0 Å². The van der Waals surface area contributed by atoms with Crippen LogP contribution < -0.4 is 0 Å². The van der Waals surface area contributed by atoms with Gasteiger partial charge in [-0.05, 0) is 55.0 Å². The Morgan fingerprint density at radius 1 is 0.871 bits per heavy atom. The second kappa shape index (κ2) is 9.51. The molecule has 0 spiro atoms. The molecule has 0 N–H and O–H groups in total. The first-order valence-corrected chi connectivity index (χ1v) is 11.2. The lowest BCUT2D eigenvalue weighted by Gasteiger charge is -2.22. The zero-order valence-electron chi connectivity index (χ0n) is 17.0. The minimum absolute atomic E-state index is 0.0760. The lowest BCUT2D eigenvalue weighted by molar-refractivity contribution is -0.137. The Kier molecular flexibility index (Phi) is 6.56. The molecule has 2 aliphatic rings. The molecule has 31 heavy (non-hydrogen) atoms. The number of ether oxygens (including phenoxy) is 1. The van der Waals surface area contributed by atoms with Crippen molar-refractivity contribution in [3.05, 3.63) is 65.5 Å². The highest BCUT2D eigenvalue weighted by Gasteiger charge is 2.28. The minimum atomic E-state index is -0.378. The van der Waals surface area contributed by atoms with Gasteiger partial charge in [-0.2, -0.15) is 0 Å². The van der Waals surface area contributed by atoms with Gasteiger partial charge in [-0.25, -0.2) is 4.39 Å². The van der Waals surface area contributed by atoms with Crippen LogP contribution in [-0.4, -0.2) is 65.6 Å². The van der Waals surface area contributed by atoms with Gasteiger partial charge in [-0.3, -0.25) is 14.4 Å². The van der Waals surface area contributed by atoms with Crippen molar-refractivity contribution in [2.24, 2.45) is 0 Å². The van der Waals surface area contributed by atoms with Crippen LogP contribution in [0.1, 0.15) is 33.6 Å². The van der Waals surface area contributed by atoms with E-state index in [1.807, 2.05) is 12.1 Å². The van der Waals surface area contributed by atoms with E-state index in [0.717, 1.165) is 4.90 Å². The molecule has 2 amide bonds. The van der Waals surface area contributed by atoms with Crippen molar-refractivity contribution in [3.8, 4) is 0 Å². The van der Waals surface area contributed by atoms with E-state index in [1.165, 1.54) is 36.0 Å².